The third kappa shape index (κ3) is 3.23. The molecule has 0 radical (unpaired) electrons. The minimum Gasteiger partial charge on any atom is -0.506 e. The van der Waals surface area contributed by atoms with Crippen molar-refractivity contribution in [2.75, 3.05) is 25.4 Å². The van der Waals surface area contributed by atoms with E-state index in [2.05, 4.69) is 16.5 Å². The second kappa shape index (κ2) is 5.99. The number of nitrogens with one attached hydrogen (secondary N) is 1. The molecule has 7 heteroatoms. The summed E-state index contributed by atoms with van der Waals surface area (Å²) in [6, 6.07) is 4.16. The Kier molecular flexibility index (Phi) is 4.52. The van der Waals surface area contributed by atoms with Crippen LogP contribution in [0.15, 0.2) is 23.1 Å². The number of likely N-dealkylation sites (tertiary alicyclic amines) is 1. The number of nitrogen functional groups attached to an aromatic ring is 1. The van der Waals surface area contributed by atoms with Gasteiger partial charge in [-0.05, 0) is 44.1 Å². The maximum atomic E-state index is 12.2. The van der Waals surface area contributed by atoms with E-state index in [0.29, 0.717) is 6.54 Å². The van der Waals surface area contributed by atoms with Gasteiger partial charge in [-0.2, -0.15) is 0 Å². The van der Waals surface area contributed by atoms with Crippen molar-refractivity contribution in [2.45, 2.75) is 30.7 Å². The molecule has 1 aliphatic heterocycles. The van der Waals surface area contributed by atoms with Gasteiger partial charge in [0.25, 0.3) is 0 Å². The Morgan fingerprint density at radius 1 is 1.50 bits per heavy atom. The zero-order valence-corrected chi connectivity index (χ0v) is 12.4. The monoisotopic (exact) mass is 299 g/mol. The molecule has 1 heterocycles. The Labute approximate surface area is 119 Å². The maximum Gasteiger partial charge on any atom is 0.240 e. The van der Waals surface area contributed by atoms with Gasteiger partial charge in [-0.15, -0.1) is 0 Å². The molecule has 0 aliphatic carbocycles. The van der Waals surface area contributed by atoms with Crippen molar-refractivity contribution < 1.29 is 13.5 Å². The fourth-order valence-electron chi connectivity index (χ4n) is 2.53. The lowest BCUT2D eigenvalue weighted by Crippen LogP contribution is -2.39. The molecular weight excluding hydrogens is 278 g/mol. The lowest BCUT2D eigenvalue weighted by molar-refractivity contribution is 0.268. The number of rotatable bonds is 5. The van der Waals surface area contributed by atoms with Crippen LogP contribution >= 0.6 is 0 Å². The fourth-order valence-corrected chi connectivity index (χ4v) is 3.64. The summed E-state index contributed by atoms with van der Waals surface area (Å²) in [6.07, 6.45) is 2.11. The molecule has 1 aromatic carbocycles. The first-order valence-corrected chi connectivity index (χ1v) is 8.24. The van der Waals surface area contributed by atoms with E-state index >= 15 is 0 Å². The lowest BCUT2D eigenvalue weighted by atomic mass is 10.2. The van der Waals surface area contributed by atoms with Gasteiger partial charge in [0.15, 0.2) is 0 Å². The summed E-state index contributed by atoms with van der Waals surface area (Å²) in [7, 11) is -3.59. The number of hydrogen-bond donors (Lipinski definition) is 3. The number of phenolic OH excluding ortho intramolecular Hbond substituents is 1. The average molecular weight is 299 g/mol. The van der Waals surface area contributed by atoms with Crippen molar-refractivity contribution in [2.24, 2.45) is 0 Å². The molecule has 2 rings (SSSR count). The quantitative estimate of drug-likeness (QED) is 0.550. The summed E-state index contributed by atoms with van der Waals surface area (Å²) >= 11 is 0. The van der Waals surface area contributed by atoms with Crippen LogP contribution < -0.4 is 10.5 Å². The van der Waals surface area contributed by atoms with Crippen LogP contribution in [0, 0.1) is 0 Å². The smallest absolute Gasteiger partial charge is 0.240 e. The second-order valence-corrected chi connectivity index (χ2v) is 6.76. The van der Waals surface area contributed by atoms with Crippen LogP contribution in [-0.4, -0.2) is 44.1 Å². The van der Waals surface area contributed by atoms with Crippen molar-refractivity contribution in [3.63, 3.8) is 0 Å². The highest BCUT2D eigenvalue weighted by atomic mass is 32.2. The van der Waals surface area contributed by atoms with Gasteiger partial charge in [-0.25, -0.2) is 13.1 Å². The first-order valence-electron chi connectivity index (χ1n) is 6.76. The van der Waals surface area contributed by atoms with Crippen LogP contribution in [0.25, 0.3) is 0 Å². The molecule has 0 spiro atoms. The molecule has 1 aliphatic rings. The standard InChI is InChI=1S/C13H21N3O3S/c1-2-16-7-3-4-10(16)9-15-20(18,19)11-5-6-13(17)12(14)8-11/h5-6,8,10,15,17H,2-4,7,9,14H2,1H3. The number of aromatic hydroxyl groups is 1. The van der Waals surface area contributed by atoms with Gasteiger partial charge in [-0.1, -0.05) is 6.92 Å². The Balaban J connectivity index is 2.05. The molecule has 20 heavy (non-hydrogen) atoms. The molecule has 112 valence electrons. The Hall–Kier alpha value is -1.31. The van der Waals surface area contributed by atoms with Crippen LogP contribution in [-0.2, 0) is 10.0 Å². The largest absolute Gasteiger partial charge is 0.506 e. The number of phenols is 1. The summed E-state index contributed by atoms with van der Waals surface area (Å²) in [5.41, 5.74) is 5.59. The number of hydrogen-bond acceptors (Lipinski definition) is 5. The molecule has 1 saturated heterocycles. The van der Waals surface area contributed by atoms with E-state index in [1.807, 2.05) is 0 Å². The van der Waals surface area contributed by atoms with E-state index in [0.717, 1.165) is 25.9 Å². The molecule has 0 bridgehead atoms. The topological polar surface area (TPSA) is 95.7 Å². The SMILES string of the molecule is CCN1CCCC1CNS(=O)(=O)c1ccc(O)c(N)c1. The highest BCUT2D eigenvalue weighted by Crippen LogP contribution is 2.23. The van der Waals surface area contributed by atoms with E-state index in [4.69, 9.17) is 5.73 Å². The van der Waals surface area contributed by atoms with Gasteiger partial charge in [-0.3, -0.25) is 4.90 Å². The molecule has 6 nitrogen and oxygen atoms in total. The van der Waals surface area contributed by atoms with E-state index < -0.39 is 10.0 Å². The zero-order valence-electron chi connectivity index (χ0n) is 11.5. The summed E-state index contributed by atoms with van der Waals surface area (Å²) in [4.78, 5) is 2.35. The lowest BCUT2D eigenvalue weighted by Gasteiger charge is -2.22. The van der Waals surface area contributed by atoms with Crippen molar-refractivity contribution in [3.05, 3.63) is 18.2 Å². The van der Waals surface area contributed by atoms with Gasteiger partial charge in [0, 0.05) is 12.6 Å². The molecule has 1 fully saturated rings. The average Bonchev–Trinajstić information content (AvgIpc) is 2.87. The first-order chi connectivity index (χ1) is 9.44. The fraction of sp³-hybridized carbons (Fsp3) is 0.538. The molecule has 1 aromatic rings. The molecule has 4 N–H and O–H groups in total. The third-order valence-electron chi connectivity index (χ3n) is 3.72. The highest BCUT2D eigenvalue weighted by Gasteiger charge is 2.25. The van der Waals surface area contributed by atoms with Crippen LogP contribution in [0.2, 0.25) is 0 Å². The van der Waals surface area contributed by atoms with Crippen molar-refractivity contribution >= 4 is 15.7 Å². The minimum atomic E-state index is -3.59. The maximum absolute atomic E-state index is 12.2. The van der Waals surface area contributed by atoms with Crippen LogP contribution in [0.1, 0.15) is 19.8 Å². The van der Waals surface area contributed by atoms with Gasteiger partial charge in [0.05, 0.1) is 10.6 Å². The normalized spacial score (nSPS) is 20.4. The van der Waals surface area contributed by atoms with Gasteiger partial charge in [0.1, 0.15) is 5.75 Å². The molecule has 1 atom stereocenters. The Morgan fingerprint density at radius 2 is 2.25 bits per heavy atom. The Bertz CT molecular complexity index is 574. The third-order valence-corrected chi connectivity index (χ3v) is 5.14. The van der Waals surface area contributed by atoms with E-state index in [-0.39, 0.29) is 22.4 Å². The molecular formula is C13H21N3O3S. The number of nitrogens with zero attached hydrogens (tertiary/aromatic N) is 1. The van der Waals surface area contributed by atoms with Gasteiger partial charge in [0.2, 0.25) is 10.0 Å². The number of nitrogens with two attached hydrogens (primary N) is 1. The van der Waals surface area contributed by atoms with Gasteiger partial charge >= 0.3 is 0 Å². The Morgan fingerprint density at radius 3 is 2.90 bits per heavy atom. The van der Waals surface area contributed by atoms with E-state index in [1.54, 1.807) is 0 Å². The zero-order chi connectivity index (χ0) is 14.8. The van der Waals surface area contributed by atoms with E-state index in [9.17, 15) is 13.5 Å². The van der Waals surface area contributed by atoms with Crippen molar-refractivity contribution in [1.82, 2.24) is 9.62 Å². The van der Waals surface area contributed by atoms with Crippen LogP contribution in [0.5, 0.6) is 5.75 Å². The second-order valence-electron chi connectivity index (χ2n) is 5.00. The molecule has 0 aromatic heterocycles. The molecule has 0 saturated carbocycles. The van der Waals surface area contributed by atoms with Gasteiger partial charge < -0.3 is 10.8 Å². The summed E-state index contributed by atoms with van der Waals surface area (Å²) in [5.74, 6) is -0.114. The number of benzene rings is 1. The number of likely N-dealkylation sites (N-methyl/N-ethyl adjacent to an activating group) is 1. The number of sulfonamides is 1. The summed E-state index contributed by atoms with van der Waals surface area (Å²) < 4.78 is 27.0. The summed E-state index contributed by atoms with van der Waals surface area (Å²) in [6.45, 7) is 4.43. The van der Waals surface area contributed by atoms with Crippen LogP contribution in [0.3, 0.4) is 0 Å². The van der Waals surface area contributed by atoms with Crippen LogP contribution in [0.4, 0.5) is 5.69 Å². The highest BCUT2D eigenvalue weighted by molar-refractivity contribution is 7.89. The minimum absolute atomic E-state index is 0.0592. The first kappa shape index (κ1) is 15.1. The summed E-state index contributed by atoms with van der Waals surface area (Å²) in [5, 5.41) is 9.33. The van der Waals surface area contributed by atoms with E-state index in [1.165, 1.54) is 18.2 Å². The predicted molar refractivity (Wildman–Crippen MR) is 78.0 cm³/mol. The van der Waals surface area contributed by atoms with Crippen molar-refractivity contribution in [1.29, 1.82) is 0 Å². The predicted octanol–water partition coefficient (Wildman–Crippen LogP) is 0.737. The van der Waals surface area contributed by atoms with Crippen molar-refractivity contribution in [3.8, 4) is 5.75 Å². The molecule has 1 unspecified atom stereocenters. The molecule has 0 amide bonds. The number of anilines is 1.